The maximum atomic E-state index is 12.7. The molecule has 1 amide bonds. The molecule has 2 fully saturated rings. The second-order valence-corrected chi connectivity index (χ2v) is 15.3. The van der Waals surface area contributed by atoms with Crippen LogP contribution in [0.4, 0.5) is 4.79 Å². The summed E-state index contributed by atoms with van der Waals surface area (Å²) in [5.74, 6) is 0. The molecule has 1 aliphatic heterocycles. The molecule has 0 aromatic heterocycles. The normalized spacial score (nSPS) is 27.3. The fraction of sp³-hybridized carbons (Fsp3) is 0.947. The van der Waals surface area contributed by atoms with Gasteiger partial charge in [0.05, 0.1) is 6.10 Å². The van der Waals surface area contributed by atoms with Crippen molar-refractivity contribution < 1.29 is 14.0 Å². The number of ether oxygens (including phenoxy) is 1. The van der Waals surface area contributed by atoms with Crippen LogP contribution < -0.4 is 0 Å². The molecule has 0 aromatic rings. The highest BCUT2D eigenvalue weighted by Crippen LogP contribution is 2.53. The molecule has 1 heterocycles. The summed E-state index contributed by atoms with van der Waals surface area (Å²) in [5.41, 5.74) is -0.201. The number of carbonyl (C=O) groups is 1. The van der Waals surface area contributed by atoms with Crippen molar-refractivity contribution in [2.45, 2.75) is 104 Å². The minimum atomic E-state index is -1.83. The Bertz CT molecular complexity index is 486. The lowest BCUT2D eigenvalue weighted by atomic mass is 9.96. The first-order chi connectivity index (χ1) is 10.6. The zero-order valence-corrected chi connectivity index (χ0v) is 18.2. The van der Waals surface area contributed by atoms with Gasteiger partial charge in [0.2, 0.25) is 0 Å². The van der Waals surface area contributed by atoms with Gasteiger partial charge in [0.1, 0.15) is 5.60 Å². The van der Waals surface area contributed by atoms with E-state index in [1.807, 2.05) is 25.7 Å². The lowest BCUT2D eigenvalue weighted by molar-refractivity contribution is 0.0157. The predicted molar refractivity (Wildman–Crippen MR) is 101 cm³/mol. The predicted octanol–water partition coefficient (Wildman–Crippen LogP) is 5.19. The van der Waals surface area contributed by atoms with Crippen molar-refractivity contribution in [1.82, 2.24) is 4.90 Å². The molecule has 0 radical (unpaired) electrons. The van der Waals surface area contributed by atoms with E-state index in [0.717, 1.165) is 6.42 Å². The molecule has 0 N–H and O–H groups in total. The average Bonchev–Trinajstić information content (AvgIpc) is 2.94. The van der Waals surface area contributed by atoms with E-state index in [4.69, 9.17) is 9.16 Å². The summed E-state index contributed by atoms with van der Waals surface area (Å²) in [6.07, 6.45) is 3.30. The number of hydrogen-bond donors (Lipinski definition) is 0. The van der Waals surface area contributed by atoms with Gasteiger partial charge < -0.3 is 14.1 Å². The maximum absolute atomic E-state index is 12.7. The molecular weight excluding hydrogens is 318 g/mol. The van der Waals surface area contributed by atoms with Crippen molar-refractivity contribution >= 4 is 14.4 Å². The number of hydrogen-bond acceptors (Lipinski definition) is 3. The zero-order chi connectivity index (χ0) is 18.6. The molecule has 140 valence electrons. The van der Waals surface area contributed by atoms with Gasteiger partial charge in [-0.15, -0.1) is 0 Å². The van der Waals surface area contributed by atoms with Crippen LogP contribution in [0, 0.1) is 5.41 Å². The van der Waals surface area contributed by atoms with Crippen LogP contribution in [-0.2, 0) is 9.16 Å². The van der Waals surface area contributed by atoms with Crippen molar-refractivity contribution in [1.29, 1.82) is 0 Å². The molecule has 0 aromatic carbocycles. The van der Waals surface area contributed by atoms with Crippen LogP contribution in [0.3, 0.4) is 0 Å². The minimum absolute atomic E-state index is 0.140. The number of amides is 1. The Morgan fingerprint density at radius 1 is 1.12 bits per heavy atom. The third kappa shape index (κ3) is 4.34. The highest BCUT2D eigenvalue weighted by atomic mass is 28.4. The molecule has 24 heavy (non-hydrogen) atoms. The van der Waals surface area contributed by atoms with Gasteiger partial charge in [0.25, 0.3) is 0 Å². The van der Waals surface area contributed by atoms with Crippen LogP contribution >= 0.6 is 0 Å². The molecule has 0 bridgehead atoms. The molecule has 1 saturated carbocycles. The second kappa shape index (κ2) is 6.01. The van der Waals surface area contributed by atoms with Gasteiger partial charge in [-0.25, -0.2) is 4.79 Å². The first kappa shape index (κ1) is 19.8. The number of likely N-dealkylation sites (tertiary alicyclic amines) is 1. The Balaban J connectivity index is 2.12. The van der Waals surface area contributed by atoms with Gasteiger partial charge in [-0.1, -0.05) is 27.7 Å². The van der Waals surface area contributed by atoms with E-state index in [1.165, 1.54) is 12.8 Å². The minimum Gasteiger partial charge on any atom is -0.444 e. The van der Waals surface area contributed by atoms with Gasteiger partial charge in [0, 0.05) is 12.6 Å². The highest BCUT2D eigenvalue weighted by Gasteiger charge is 2.54. The van der Waals surface area contributed by atoms with Crippen molar-refractivity contribution in [2.24, 2.45) is 5.41 Å². The summed E-state index contributed by atoms with van der Waals surface area (Å²) in [6.45, 7) is 20.1. The molecule has 4 nitrogen and oxygen atoms in total. The summed E-state index contributed by atoms with van der Waals surface area (Å²) in [6, 6.07) is 0.252. The lowest BCUT2D eigenvalue weighted by Gasteiger charge is -2.38. The van der Waals surface area contributed by atoms with Gasteiger partial charge in [-0.2, -0.15) is 0 Å². The van der Waals surface area contributed by atoms with E-state index < -0.39 is 13.9 Å². The summed E-state index contributed by atoms with van der Waals surface area (Å²) >= 11 is 0. The largest absolute Gasteiger partial charge is 0.444 e. The van der Waals surface area contributed by atoms with E-state index in [1.54, 1.807) is 0 Å². The topological polar surface area (TPSA) is 38.8 Å². The average molecular weight is 356 g/mol. The SMILES string of the molecule is CC(C)(C)OC(=O)N1CC(O[Si](C)(C)C(C)(C)C)CC1C1(C)CC1. The van der Waals surface area contributed by atoms with E-state index in [9.17, 15) is 4.79 Å². The molecule has 1 saturated heterocycles. The Morgan fingerprint density at radius 2 is 1.67 bits per heavy atom. The fourth-order valence-electron chi connectivity index (χ4n) is 3.19. The third-order valence-electron chi connectivity index (χ3n) is 6.00. The molecule has 2 unspecified atom stereocenters. The van der Waals surface area contributed by atoms with Gasteiger partial charge in [-0.05, 0) is 63.6 Å². The summed E-state index contributed by atoms with van der Waals surface area (Å²) in [7, 11) is -1.83. The van der Waals surface area contributed by atoms with Crippen LogP contribution in [-0.4, -0.2) is 43.6 Å². The third-order valence-corrected chi connectivity index (χ3v) is 10.5. The molecule has 5 heteroatoms. The molecule has 2 atom stereocenters. The smallest absolute Gasteiger partial charge is 0.410 e. The Hall–Kier alpha value is -0.553. The second-order valence-electron chi connectivity index (χ2n) is 10.5. The van der Waals surface area contributed by atoms with Gasteiger partial charge in [-0.3, -0.25) is 0 Å². The van der Waals surface area contributed by atoms with E-state index in [0.29, 0.717) is 6.54 Å². The number of rotatable bonds is 3. The van der Waals surface area contributed by atoms with Crippen LogP contribution in [0.5, 0.6) is 0 Å². The van der Waals surface area contributed by atoms with Gasteiger partial charge in [0.15, 0.2) is 8.32 Å². The quantitative estimate of drug-likeness (QED) is 0.654. The summed E-state index contributed by atoms with van der Waals surface area (Å²) < 4.78 is 12.3. The van der Waals surface area contributed by atoms with E-state index in [-0.39, 0.29) is 28.7 Å². The van der Waals surface area contributed by atoms with Gasteiger partial charge >= 0.3 is 6.09 Å². The van der Waals surface area contributed by atoms with Crippen LogP contribution in [0.25, 0.3) is 0 Å². The van der Waals surface area contributed by atoms with Crippen molar-refractivity contribution in [3.63, 3.8) is 0 Å². The van der Waals surface area contributed by atoms with Crippen LogP contribution in [0.2, 0.25) is 18.1 Å². The van der Waals surface area contributed by atoms with E-state index >= 15 is 0 Å². The standard InChI is InChI=1S/C19H37NO3Si/c1-17(2,3)22-16(21)20-13-14(12-15(20)19(7)10-11-19)23-24(8,9)18(4,5)6/h14-15H,10-13H2,1-9H3. The lowest BCUT2D eigenvalue weighted by Crippen LogP contribution is -2.45. The molecule has 2 aliphatic rings. The molecule has 1 aliphatic carbocycles. The number of nitrogens with zero attached hydrogens (tertiary/aromatic N) is 1. The number of carbonyl (C=O) groups excluding carboxylic acids is 1. The molecule has 0 spiro atoms. The highest BCUT2D eigenvalue weighted by molar-refractivity contribution is 6.74. The monoisotopic (exact) mass is 355 g/mol. The summed E-state index contributed by atoms with van der Waals surface area (Å²) in [4.78, 5) is 14.7. The first-order valence-corrected chi connectivity index (χ1v) is 12.2. The Labute approximate surface area is 149 Å². The Kier molecular flexibility index (Phi) is 4.95. The fourth-order valence-corrected chi connectivity index (χ4v) is 4.55. The molecule has 2 rings (SSSR count). The van der Waals surface area contributed by atoms with Crippen molar-refractivity contribution in [3.8, 4) is 0 Å². The zero-order valence-electron chi connectivity index (χ0n) is 17.2. The Morgan fingerprint density at radius 3 is 2.08 bits per heavy atom. The first-order valence-electron chi connectivity index (χ1n) is 9.32. The van der Waals surface area contributed by atoms with Crippen LogP contribution in [0.1, 0.15) is 67.7 Å². The van der Waals surface area contributed by atoms with Crippen molar-refractivity contribution in [3.05, 3.63) is 0 Å². The summed E-state index contributed by atoms with van der Waals surface area (Å²) in [5, 5.41) is 0.186. The molecular formula is C19H37NO3Si. The van der Waals surface area contributed by atoms with Crippen LogP contribution in [0.15, 0.2) is 0 Å². The maximum Gasteiger partial charge on any atom is 0.410 e. The van der Waals surface area contributed by atoms with E-state index in [2.05, 4.69) is 40.8 Å². The van der Waals surface area contributed by atoms with Crippen molar-refractivity contribution in [2.75, 3.05) is 6.54 Å².